The Morgan fingerprint density at radius 1 is 1.29 bits per heavy atom. The Kier molecular flexibility index (Phi) is 7.02. The van der Waals surface area contributed by atoms with Crippen LogP contribution in [0.4, 0.5) is 0 Å². The summed E-state index contributed by atoms with van der Waals surface area (Å²) in [6, 6.07) is 8.46. The summed E-state index contributed by atoms with van der Waals surface area (Å²) in [5.74, 6) is 0.795. The van der Waals surface area contributed by atoms with Gasteiger partial charge in [-0.3, -0.25) is 14.4 Å². The summed E-state index contributed by atoms with van der Waals surface area (Å²) >= 11 is 1.36. The lowest BCUT2D eigenvalue weighted by atomic mass is 10.0. The number of benzene rings is 1. The van der Waals surface area contributed by atoms with Crippen molar-refractivity contribution >= 4 is 33.2 Å². The van der Waals surface area contributed by atoms with Crippen molar-refractivity contribution in [2.24, 2.45) is 7.05 Å². The highest BCUT2D eigenvalue weighted by Gasteiger charge is 2.27. The quantitative estimate of drug-likeness (QED) is 0.401. The van der Waals surface area contributed by atoms with Crippen LogP contribution in [0.15, 0.2) is 58.3 Å². The van der Waals surface area contributed by atoms with Crippen LogP contribution in [0.1, 0.15) is 34.8 Å². The molecule has 0 aliphatic rings. The molecule has 0 saturated heterocycles. The van der Waals surface area contributed by atoms with Gasteiger partial charge in [-0.05, 0) is 42.1 Å². The van der Waals surface area contributed by atoms with Crippen LogP contribution in [0, 0.1) is 0 Å². The Labute approximate surface area is 206 Å². The minimum absolute atomic E-state index is 0.108. The number of amides is 2. The van der Waals surface area contributed by atoms with Gasteiger partial charge in [0.2, 0.25) is 11.5 Å². The lowest BCUT2D eigenvalue weighted by molar-refractivity contribution is -0.120. The molecule has 35 heavy (non-hydrogen) atoms. The zero-order chi connectivity index (χ0) is 25.1. The van der Waals surface area contributed by atoms with Gasteiger partial charge in [0.15, 0.2) is 6.39 Å². The number of carbonyl (C=O) groups is 2. The molecule has 3 aromatic heterocycles. The van der Waals surface area contributed by atoms with Gasteiger partial charge in [0.25, 0.3) is 5.91 Å². The fourth-order valence-corrected chi connectivity index (χ4v) is 4.99. The smallest absolute Gasteiger partial charge is 0.264 e. The highest BCUT2D eigenvalue weighted by atomic mass is 32.1. The highest BCUT2D eigenvalue weighted by molar-refractivity contribution is 7.21. The molecule has 4 rings (SSSR count). The first-order chi connectivity index (χ1) is 16.8. The number of pyridine rings is 1. The zero-order valence-electron chi connectivity index (χ0n) is 19.9. The topological polar surface area (TPSA) is 107 Å². The summed E-state index contributed by atoms with van der Waals surface area (Å²) < 4.78 is 13.3. The van der Waals surface area contributed by atoms with E-state index in [4.69, 9.17) is 9.15 Å². The molecule has 0 saturated carbocycles. The van der Waals surface area contributed by atoms with Crippen LogP contribution in [0.2, 0.25) is 0 Å². The van der Waals surface area contributed by atoms with Gasteiger partial charge < -0.3 is 23.9 Å². The van der Waals surface area contributed by atoms with Gasteiger partial charge in [-0.2, -0.15) is 0 Å². The maximum absolute atomic E-state index is 13.7. The minimum atomic E-state index is -0.419. The van der Waals surface area contributed by atoms with Crippen molar-refractivity contribution in [2.75, 3.05) is 20.7 Å². The molecule has 1 N–H and O–H groups in total. The molecule has 1 aromatic carbocycles. The average Bonchev–Trinajstić information content (AvgIpc) is 3.55. The molecule has 2 amide bonds. The molecule has 182 valence electrons. The van der Waals surface area contributed by atoms with E-state index in [9.17, 15) is 14.4 Å². The Morgan fingerprint density at radius 3 is 2.74 bits per heavy atom. The second kappa shape index (κ2) is 10.1. The van der Waals surface area contributed by atoms with Crippen LogP contribution < -0.4 is 15.6 Å². The molecular weight excluding hydrogens is 468 g/mol. The molecule has 3 heterocycles. The van der Waals surface area contributed by atoms with Crippen LogP contribution in [-0.2, 0) is 11.8 Å². The van der Waals surface area contributed by atoms with E-state index in [-0.39, 0.29) is 30.3 Å². The van der Waals surface area contributed by atoms with Crippen molar-refractivity contribution in [1.82, 2.24) is 19.8 Å². The summed E-state index contributed by atoms with van der Waals surface area (Å²) in [5.41, 5.74) is 1.59. The van der Waals surface area contributed by atoms with Crippen molar-refractivity contribution in [2.45, 2.75) is 19.4 Å². The number of aryl methyl sites for hydroxylation is 1. The van der Waals surface area contributed by atoms with Gasteiger partial charge >= 0.3 is 0 Å². The fourth-order valence-electron chi connectivity index (χ4n) is 3.86. The highest BCUT2D eigenvalue weighted by Crippen LogP contribution is 2.39. The SMILES string of the molecule is CNC(=O)CCN(C(=O)c1cc2cc(OC)cc(-c3ccc(=O)n(C)c3)c2s1)C(C)c1cnco1. The first-order valence-corrected chi connectivity index (χ1v) is 11.8. The number of hydrogen-bond donors (Lipinski definition) is 1. The van der Waals surface area contributed by atoms with E-state index in [1.807, 2.05) is 25.1 Å². The number of carbonyl (C=O) groups excluding carboxylic acids is 2. The molecule has 9 nitrogen and oxygen atoms in total. The van der Waals surface area contributed by atoms with Crippen LogP contribution in [-0.4, -0.2) is 47.0 Å². The van der Waals surface area contributed by atoms with Crippen molar-refractivity contribution in [3.63, 3.8) is 0 Å². The molecule has 0 spiro atoms. The van der Waals surface area contributed by atoms with Gasteiger partial charge in [-0.25, -0.2) is 4.98 Å². The third-order valence-electron chi connectivity index (χ3n) is 5.88. The third kappa shape index (κ3) is 4.97. The molecule has 0 bridgehead atoms. The number of methoxy groups -OCH3 is 1. The lowest BCUT2D eigenvalue weighted by Gasteiger charge is -2.27. The van der Waals surface area contributed by atoms with Gasteiger partial charge in [-0.1, -0.05) is 0 Å². The Bertz CT molecular complexity index is 1420. The summed E-state index contributed by atoms with van der Waals surface area (Å²) in [7, 11) is 4.85. The molecule has 1 atom stereocenters. The Balaban J connectivity index is 1.78. The van der Waals surface area contributed by atoms with Crippen molar-refractivity contribution in [3.8, 4) is 16.9 Å². The summed E-state index contributed by atoms with van der Waals surface area (Å²) in [6.07, 6.45) is 4.80. The zero-order valence-corrected chi connectivity index (χ0v) is 20.7. The van der Waals surface area contributed by atoms with Crippen LogP contribution in [0.25, 0.3) is 21.2 Å². The van der Waals surface area contributed by atoms with Crippen molar-refractivity contribution in [3.05, 3.63) is 70.1 Å². The number of thiophene rings is 1. The van der Waals surface area contributed by atoms with E-state index in [0.717, 1.165) is 21.2 Å². The van der Waals surface area contributed by atoms with Crippen LogP contribution in [0.5, 0.6) is 5.75 Å². The lowest BCUT2D eigenvalue weighted by Crippen LogP contribution is -2.36. The molecule has 1 unspecified atom stereocenters. The van der Waals surface area contributed by atoms with Crippen molar-refractivity contribution < 1.29 is 18.7 Å². The van der Waals surface area contributed by atoms with E-state index in [2.05, 4.69) is 10.3 Å². The summed E-state index contributed by atoms with van der Waals surface area (Å²) in [5, 5.41) is 3.44. The largest absolute Gasteiger partial charge is 0.497 e. The number of nitrogens with one attached hydrogen (secondary N) is 1. The van der Waals surface area contributed by atoms with E-state index < -0.39 is 6.04 Å². The van der Waals surface area contributed by atoms with Gasteiger partial charge in [0.05, 0.1) is 24.2 Å². The number of rotatable bonds is 8. The minimum Gasteiger partial charge on any atom is -0.497 e. The number of aromatic nitrogens is 2. The van der Waals surface area contributed by atoms with Gasteiger partial charge in [-0.15, -0.1) is 11.3 Å². The second-order valence-corrected chi connectivity index (χ2v) is 9.12. The first-order valence-electron chi connectivity index (χ1n) is 11.0. The normalized spacial score (nSPS) is 11.9. The second-order valence-electron chi connectivity index (χ2n) is 8.07. The van der Waals surface area contributed by atoms with Crippen LogP contribution >= 0.6 is 11.3 Å². The summed E-state index contributed by atoms with van der Waals surface area (Å²) in [6.45, 7) is 2.06. The van der Waals surface area contributed by atoms with E-state index in [1.54, 1.807) is 44.6 Å². The fraction of sp³-hybridized carbons (Fsp3) is 0.280. The van der Waals surface area contributed by atoms with E-state index in [1.165, 1.54) is 28.4 Å². The number of oxazole rings is 1. The third-order valence-corrected chi connectivity index (χ3v) is 7.06. The predicted octanol–water partition coefficient (Wildman–Crippen LogP) is 3.60. The molecule has 0 fully saturated rings. The number of ether oxygens (including phenoxy) is 1. The average molecular weight is 495 g/mol. The van der Waals surface area contributed by atoms with Crippen LogP contribution in [0.3, 0.4) is 0 Å². The monoisotopic (exact) mass is 494 g/mol. The molecular formula is C25H26N4O5S. The maximum Gasteiger partial charge on any atom is 0.264 e. The van der Waals surface area contributed by atoms with Gasteiger partial charge in [0.1, 0.15) is 11.5 Å². The Hall–Kier alpha value is -3.92. The number of fused-ring (bicyclic) bond motifs is 1. The molecule has 4 aromatic rings. The number of nitrogens with zero attached hydrogens (tertiary/aromatic N) is 3. The Morgan fingerprint density at radius 2 is 2.09 bits per heavy atom. The van der Waals surface area contributed by atoms with Crippen molar-refractivity contribution in [1.29, 1.82) is 0 Å². The summed E-state index contributed by atoms with van der Waals surface area (Å²) in [4.78, 5) is 43.6. The molecule has 0 radical (unpaired) electrons. The standard InChI is InChI=1S/C25H26N4O5S/c1-15(20-12-27-14-34-20)29(8-7-22(30)26-2)25(32)21-10-17-9-18(33-4)11-19(24(17)35-21)16-5-6-23(31)28(3)13-16/h5-6,9-15H,7-8H2,1-4H3,(H,26,30). The van der Waals surface area contributed by atoms with E-state index in [0.29, 0.717) is 16.4 Å². The van der Waals surface area contributed by atoms with Gasteiger partial charge in [0, 0.05) is 49.6 Å². The molecule has 0 aliphatic heterocycles. The maximum atomic E-state index is 13.7. The predicted molar refractivity (Wildman–Crippen MR) is 134 cm³/mol. The molecule has 10 heteroatoms. The van der Waals surface area contributed by atoms with E-state index >= 15 is 0 Å². The number of hydrogen-bond acceptors (Lipinski definition) is 7. The molecule has 0 aliphatic carbocycles. The first kappa shape index (κ1) is 24.2.